The Labute approximate surface area is 87.9 Å². The van der Waals surface area contributed by atoms with Gasteiger partial charge in [-0.3, -0.25) is 4.79 Å². The molecule has 1 amide bonds. The molecule has 4 heteroatoms. The number of hydrogen-bond donors (Lipinski definition) is 2. The second-order valence-electron chi connectivity index (χ2n) is 3.38. The molecule has 0 saturated carbocycles. The zero-order valence-corrected chi connectivity index (χ0v) is 8.53. The lowest BCUT2D eigenvalue weighted by molar-refractivity contribution is 0.0942. The van der Waals surface area contributed by atoms with E-state index in [9.17, 15) is 4.79 Å². The number of rotatable bonds is 3. The normalized spacial score (nSPS) is 10.2. The van der Waals surface area contributed by atoms with Gasteiger partial charge < -0.3 is 14.9 Å². The molecule has 4 nitrogen and oxygen atoms in total. The lowest BCUT2D eigenvalue weighted by Crippen LogP contribution is -2.24. The van der Waals surface area contributed by atoms with Crippen molar-refractivity contribution in [2.24, 2.45) is 7.05 Å². The molecular formula is C11H13N3O. The maximum Gasteiger partial charge on any atom is 0.268 e. The number of amides is 1. The van der Waals surface area contributed by atoms with E-state index >= 15 is 0 Å². The van der Waals surface area contributed by atoms with Crippen molar-refractivity contribution < 1.29 is 4.79 Å². The van der Waals surface area contributed by atoms with Gasteiger partial charge in [0.2, 0.25) is 0 Å². The van der Waals surface area contributed by atoms with Gasteiger partial charge in [-0.2, -0.15) is 0 Å². The molecule has 2 aromatic rings. The Balaban J connectivity index is 1.96. The van der Waals surface area contributed by atoms with E-state index in [1.807, 2.05) is 37.6 Å². The van der Waals surface area contributed by atoms with E-state index in [4.69, 9.17) is 0 Å². The van der Waals surface area contributed by atoms with Gasteiger partial charge in [0, 0.05) is 25.1 Å². The smallest absolute Gasteiger partial charge is 0.268 e. The van der Waals surface area contributed by atoms with Crippen molar-refractivity contribution >= 4 is 5.91 Å². The van der Waals surface area contributed by atoms with Crippen molar-refractivity contribution in [3.63, 3.8) is 0 Å². The summed E-state index contributed by atoms with van der Waals surface area (Å²) in [7, 11) is 1.85. The minimum Gasteiger partial charge on any atom is -0.364 e. The average molecular weight is 203 g/mol. The fraction of sp³-hybridized carbons (Fsp3) is 0.182. The van der Waals surface area contributed by atoms with Crippen LogP contribution in [0.4, 0.5) is 0 Å². The number of carbonyl (C=O) groups is 1. The number of H-pyrrole nitrogens is 1. The van der Waals surface area contributed by atoms with E-state index in [-0.39, 0.29) is 5.91 Å². The minimum atomic E-state index is -0.0582. The van der Waals surface area contributed by atoms with Crippen LogP contribution in [-0.2, 0) is 13.6 Å². The summed E-state index contributed by atoms with van der Waals surface area (Å²) < 4.78 is 1.80. The minimum absolute atomic E-state index is 0.0582. The molecule has 15 heavy (non-hydrogen) atoms. The fourth-order valence-electron chi connectivity index (χ4n) is 1.44. The first-order valence-electron chi connectivity index (χ1n) is 4.79. The number of aromatic amines is 1. The molecule has 0 saturated heterocycles. The Kier molecular flexibility index (Phi) is 2.58. The van der Waals surface area contributed by atoms with Crippen LogP contribution >= 0.6 is 0 Å². The highest BCUT2D eigenvalue weighted by atomic mass is 16.1. The molecule has 2 N–H and O–H groups in total. The van der Waals surface area contributed by atoms with E-state index in [1.54, 1.807) is 10.6 Å². The van der Waals surface area contributed by atoms with Crippen LogP contribution in [-0.4, -0.2) is 15.5 Å². The third kappa shape index (κ3) is 2.10. The van der Waals surface area contributed by atoms with Gasteiger partial charge in [-0.25, -0.2) is 0 Å². The van der Waals surface area contributed by atoms with Gasteiger partial charge in [-0.1, -0.05) is 0 Å². The Morgan fingerprint density at radius 2 is 2.33 bits per heavy atom. The maximum atomic E-state index is 11.7. The molecule has 78 valence electrons. The van der Waals surface area contributed by atoms with E-state index in [0.29, 0.717) is 12.2 Å². The first-order chi connectivity index (χ1) is 7.27. The molecule has 0 aliphatic rings. The average Bonchev–Trinajstić information content (AvgIpc) is 2.84. The Hall–Kier alpha value is -1.97. The van der Waals surface area contributed by atoms with Crippen LogP contribution in [0.3, 0.4) is 0 Å². The largest absolute Gasteiger partial charge is 0.364 e. The molecule has 0 spiro atoms. The van der Waals surface area contributed by atoms with Crippen LogP contribution in [0.1, 0.15) is 16.2 Å². The maximum absolute atomic E-state index is 11.7. The lowest BCUT2D eigenvalue weighted by Gasteiger charge is -2.04. The van der Waals surface area contributed by atoms with Crippen LogP contribution in [0.25, 0.3) is 0 Å². The van der Waals surface area contributed by atoms with Crippen molar-refractivity contribution in [3.8, 4) is 0 Å². The molecule has 0 aromatic carbocycles. The molecule has 0 atom stereocenters. The molecule has 0 unspecified atom stereocenters. The van der Waals surface area contributed by atoms with Crippen LogP contribution in [0.2, 0.25) is 0 Å². The van der Waals surface area contributed by atoms with E-state index in [2.05, 4.69) is 10.3 Å². The highest BCUT2D eigenvalue weighted by Crippen LogP contribution is 2.00. The zero-order valence-electron chi connectivity index (χ0n) is 8.53. The quantitative estimate of drug-likeness (QED) is 0.775. The number of nitrogens with one attached hydrogen (secondary N) is 2. The summed E-state index contributed by atoms with van der Waals surface area (Å²) in [5.41, 5.74) is 1.67. The van der Waals surface area contributed by atoms with Gasteiger partial charge in [0.25, 0.3) is 5.91 Å². The summed E-state index contributed by atoms with van der Waals surface area (Å²) in [6.45, 7) is 0.525. The summed E-state index contributed by atoms with van der Waals surface area (Å²) in [5, 5.41) is 2.84. The predicted octanol–water partition coefficient (Wildman–Crippen LogP) is 1.28. The molecule has 0 radical (unpaired) electrons. The first-order valence-corrected chi connectivity index (χ1v) is 4.79. The number of carbonyl (C=O) groups excluding carboxylic acids is 1. The van der Waals surface area contributed by atoms with Crippen LogP contribution < -0.4 is 5.32 Å². The van der Waals surface area contributed by atoms with E-state index in [0.717, 1.165) is 5.69 Å². The Morgan fingerprint density at radius 1 is 1.47 bits per heavy atom. The topological polar surface area (TPSA) is 49.8 Å². The number of aromatic nitrogens is 2. The van der Waals surface area contributed by atoms with Gasteiger partial charge in [-0.15, -0.1) is 0 Å². The van der Waals surface area contributed by atoms with Gasteiger partial charge in [0.15, 0.2) is 0 Å². The summed E-state index contributed by atoms with van der Waals surface area (Å²) in [4.78, 5) is 14.7. The van der Waals surface area contributed by atoms with Crippen LogP contribution in [0.5, 0.6) is 0 Å². The van der Waals surface area contributed by atoms with Gasteiger partial charge in [0.05, 0.1) is 6.54 Å². The molecule has 2 heterocycles. The number of nitrogens with zero attached hydrogens (tertiary/aromatic N) is 1. The summed E-state index contributed by atoms with van der Waals surface area (Å²) in [6.07, 6.45) is 3.69. The summed E-state index contributed by atoms with van der Waals surface area (Å²) in [6, 6.07) is 7.49. The molecule has 0 aliphatic carbocycles. The zero-order chi connectivity index (χ0) is 10.7. The van der Waals surface area contributed by atoms with Crippen molar-refractivity contribution in [3.05, 3.63) is 48.0 Å². The summed E-state index contributed by atoms with van der Waals surface area (Å²) in [5.74, 6) is -0.0582. The highest BCUT2D eigenvalue weighted by Gasteiger charge is 2.07. The van der Waals surface area contributed by atoms with Gasteiger partial charge in [0.1, 0.15) is 5.69 Å². The van der Waals surface area contributed by atoms with Crippen molar-refractivity contribution in [1.82, 2.24) is 14.9 Å². The molecule has 0 bridgehead atoms. The SMILES string of the molecule is Cn1cccc1C(=O)NCc1ccc[nH]1. The lowest BCUT2D eigenvalue weighted by atomic mass is 10.3. The molecule has 2 rings (SSSR count). The van der Waals surface area contributed by atoms with Gasteiger partial charge >= 0.3 is 0 Å². The Morgan fingerprint density at radius 3 is 2.93 bits per heavy atom. The Bertz CT molecular complexity index is 442. The predicted molar refractivity (Wildman–Crippen MR) is 57.4 cm³/mol. The fourth-order valence-corrected chi connectivity index (χ4v) is 1.44. The molecule has 0 aliphatic heterocycles. The number of aryl methyl sites for hydroxylation is 1. The second kappa shape index (κ2) is 4.04. The first kappa shape index (κ1) is 9.58. The van der Waals surface area contributed by atoms with Gasteiger partial charge in [-0.05, 0) is 24.3 Å². The standard InChI is InChI=1S/C11H13N3O/c1-14-7-3-5-10(14)11(15)13-8-9-4-2-6-12-9/h2-7,12H,8H2,1H3,(H,13,15). The van der Waals surface area contributed by atoms with E-state index in [1.165, 1.54) is 0 Å². The number of hydrogen-bond acceptors (Lipinski definition) is 1. The third-order valence-corrected chi connectivity index (χ3v) is 2.28. The monoisotopic (exact) mass is 203 g/mol. The molecule has 0 fully saturated rings. The van der Waals surface area contributed by atoms with Crippen molar-refractivity contribution in [1.29, 1.82) is 0 Å². The van der Waals surface area contributed by atoms with E-state index < -0.39 is 0 Å². The second-order valence-corrected chi connectivity index (χ2v) is 3.38. The van der Waals surface area contributed by atoms with Crippen molar-refractivity contribution in [2.45, 2.75) is 6.54 Å². The molecular weight excluding hydrogens is 190 g/mol. The van der Waals surface area contributed by atoms with Crippen LogP contribution in [0.15, 0.2) is 36.7 Å². The van der Waals surface area contributed by atoms with Crippen LogP contribution in [0, 0.1) is 0 Å². The highest BCUT2D eigenvalue weighted by molar-refractivity contribution is 5.92. The van der Waals surface area contributed by atoms with Crippen molar-refractivity contribution in [2.75, 3.05) is 0 Å². The third-order valence-electron chi connectivity index (χ3n) is 2.28. The summed E-state index contributed by atoms with van der Waals surface area (Å²) >= 11 is 0. The molecule has 2 aromatic heterocycles.